The number of aliphatic hydroxyl groups excluding tert-OH is 1. The average molecular weight is 298 g/mol. The number of rotatable bonds is 3. The van der Waals surface area contributed by atoms with Crippen molar-refractivity contribution in [1.82, 2.24) is 5.32 Å². The van der Waals surface area contributed by atoms with Crippen LogP contribution >= 0.6 is 0 Å². The Hall–Kier alpha value is -2.52. The molecule has 1 saturated heterocycles. The number of para-hydroxylation sites is 1. The number of benzene rings is 1. The molecule has 1 aliphatic heterocycles. The van der Waals surface area contributed by atoms with Gasteiger partial charge in [0.05, 0.1) is 16.6 Å². The van der Waals surface area contributed by atoms with Gasteiger partial charge in [-0.1, -0.05) is 6.07 Å². The number of carboxylic acids is 1. The highest BCUT2D eigenvalue weighted by molar-refractivity contribution is 5.81. The number of nitro benzene ring substituents is 1. The van der Waals surface area contributed by atoms with Crippen LogP contribution in [0.15, 0.2) is 18.2 Å². The molecule has 21 heavy (non-hydrogen) atoms. The van der Waals surface area contributed by atoms with Crippen LogP contribution in [0.3, 0.4) is 0 Å². The van der Waals surface area contributed by atoms with Gasteiger partial charge in [0, 0.05) is 19.0 Å². The molecule has 114 valence electrons. The number of hydrogen-bond donors (Lipinski definition) is 4. The van der Waals surface area contributed by atoms with E-state index >= 15 is 0 Å². The smallest absolute Gasteiger partial charge is 0.320 e. The van der Waals surface area contributed by atoms with Gasteiger partial charge in [0.1, 0.15) is 6.04 Å². The number of carbonyl (C=O) groups excluding carboxylic acids is 1. The van der Waals surface area contributed by atoms with Gasteiger partial charge in [-0.2, -0.15) is 0 Å². The van der Waals surface area contributed by atoms with E-state index in [9.17, 15) is 19.7 Å². The fourth-order valence-electron chi connectivity index (χ4n) is 1.70. The van der Waals surface area contributed by atoms with Crippen LogP contribution in [0.4, 0.5) is 5.69 Å². The summed E-state index contributed by atoms with van der Waals surface area (Å²) in [6.07, 6.45) is 0.212. The second-order valence-corrected chi connectivity index (χ2v) is 4.28. The summed E-state index contributed by atoms with van der Waals surface area (Å²) < 4.78 is 0. The predicted octanol–water partition coefficient (Wildman–Crippen LogP) is -0.0933. The zero-order valence-electron chi connectivity index (χ0n) is 10.8. The molecule has 4 N–H and O–H groups in total. The third kappa shape index (κ3) is 4.51. The van der Waals surface area contributed by atoms with Crippen molar-refractivity contribution >= 4 is 17.9 Å². The zero-order valence-corrected chi connectivity index (χ0v) is 10.8. The highest BCUT2D eigenvalue weighted by Gasteiger charge is 2.27. The number of phenolic OH excluding ortho intramolecular Hbond substituents is 1. The number of aromatic hydroxyl groups is 1. The Morgan fingerprint density at radius 2 is 2.14 bits per heavy atom. The Morgan fingerprint density at radius 1 is 1.48 bits per heavy atom. The first-order valence-electron chi connectivity index (χ1n) is 5.92. The summed E-state index contributed by atoms with van der Waals surface area (Å²) in [6, 6.07) is 3.22. The number of nitrogens with zero attached hydrogens (tertiary/aromatic N) is 1. The second-order valence-electron chi connectivity index (χ2n) is 4.28. The van der Waals surface area contributed by atoms with E-state index < -0.39 is 34.5 Å². The predicted molar refractivity (Wildman–Crippen MR) is 70.2 cm³/mol. The van der Waals surface area contributed by atoms with E-state index in [2.05, 4.69) is 5.32 Å². The van der Waals surface area contributed by atoms with Crippen LogP contribution in [-0.2, 0) is 4.79 Å². The van der Waals surface area contributed by atoms with Crippen LogP contribution in [0, 0.1) is 10.1 Å². The molecule has 0 bridgehead atoms. The van der Waals surface area contributed by atoms with Gasteiger partial charge in [-0.15, -0.1) is 0 Å². The first kappa shape index (κ1) is 16.5. The molecule has 0 radical (unpaired) electrons. The average Bonchev–Trinajstić information content (AvgIpc) is 2.86. The van der Waals surface area contributed by atoms with Crippen LogP contribution in [0.2, 0.25) is 0 Å². The van der Waals surface area contributed by atoms with Gasteiger partial charge < -0.3 is 20.6 Å². The normalized spacial score (nSPS) is 20.2. The number of aliphatic hydroxyl groups is 1. The molecule has 0 spiro atoms. The molecule has 1 aromatic rings. The van der Waals surface area contributed by atoms with Gasteiger partial charge in [0.15, 0.2) is 6.29 Å². The SMILES string of the molecule is O=C(O)[C@@H]1C[C@@H](O)CN1.O=Cc1cccc([N+](=O)[O-])c1O. The largest absolute Gasteiger partial charge is 0.502 e. The third-order valence-electron chi connectivity index (χ3n) is 2.78. The van der Waals surface area contributed by atoms with E-state index in [-0.39, 0.29) is 5.56 Å². The van der Waals surface area contributed by atoms with E-state index in [0.29, 0.717) is 19.3 Å². The molecule has 9 heteroatoms. The van der Waals surface area contributed by atoms with E-state index in [1.54, 1.807) is 0 Å². The Morgan fingerprint density at radius 3 is 2.52 bits per heavy atom. The summed E-state index contributed by atoms with van der Waals surface area (Å²) in [5.41, 5.74) is -0.538. The molecule has 0 unspecified atom stereocenters. The van der Waals surface area contributed by atoms with Gasteiger partial charge in [-0.3, -0.25) is 19.7 Å². The van der Waals surface area contributed by atoms with Gasteiger partial charge >= 0.3 is 11.7 Å². The minimum atomic E-state index is -0.883. The molecule has 0 amide bonds. The molecular formula is C12H14N2O7. The number of hydrogen-bond acceptors (Lipinski definition) is 7. The van der Waals surface area contributed by atoms with Gasteiger partial charge in [-0.05, 0) is 6.07 Å². The fourth-order valence-corrected chi connectivity index (χ4v) is 1.70. The minimum Gasteiger partial charge on any atom is -0.502 e. The lowest BCUT2D eigenvalue weighted by Gasteiger charge is -1.99. The van der Waals surface area contributed by atoms with Crippen LogP contribution < -0.4 is 5.32 Å². The molecule has 1 aromatic carbocycles. The summed E-state index contributed by atoms with van der Waals surface area (Å²) in [7, 11) is 0. The van der Waals surface area contributed by atoms with Crippen molar-refractivity contribution in [2.75, 3.05) is 6.54 Å². The lowest BCUT2D eigenvalue weighted by atomic mass is 10.2. The number of β-amino-alcohol motifs (C(OH)–C–C–N with tert-alkyl or cyclic N) is 1. The Kier molecular flexibility index (Phi) is 5.76. The van der Waals surface area contributed by atoms with E-state index in [1.807, 2.05) is 0 Å². The quantitative estimate of drug-likeness (QED) is 0.343. The lowest BCUT2D eigenvalue weighted by Crippen LogP contribution is -2.29. The second kappa shape index (κ2) is 7.31. The van der Waals surface area contributed by atoms with Crippen molar-refractivity contribution in [1.29, 1.82) is 0 Å². The van der Waals surface area contributed by atoms with Gasteiger partial charge in [0.25, 0.3) is 0 Å². The van der Waals surface area contributed by atoms with Crippen LogP contribution in [-0.4, -0.2) is 51.2 Å². The summed E-state index contributed by atoms with van der Waals surface area (Å²) >= 11 is 0. The number of phenols is 1. The topological polar surface area (TPSA) is 150 Å². The maximum absolute atomic E-state index is 10.2. The molecule has 0 saturated carbocycles. The first-order valence-corrected chi connectivity index (χ1v) is 5.92. The van der Waals surface area contributed by atoms with E-state index in [0.717, 1.165) is 6.07 Å². The maximum Gasteiger partial charge on any atom is 0.320 e. The third-order valence-corrected chi connectivity index (χ3v) is 2.78. The molecule has 1 heterocycles. The van der Waals surface area contributed by atoms with Crippen molar-refractivity contribution in [2.24, 2.45) is 0 Å². The number of nitro groups is 1. The highest BCUT2D eigenvalue weighted by Crippen LogP contribution is 2.27. The Bertz CT molecular complexity index is 546. The Balaban J connectivity index is 0.000000219. The van der Waals surface area contributed by atoms with E-state index in [4.69, 9.17) is 15.3 Å². The fraction of sp³-hybridized carbons (Fsp3) is 0.333. The number of aldehydes is 1. The summed E-state index contributed by atoms with van der Waals surface area (Å²) in [6.45, 7) is 0.400. The van der Waals surface area contributed by atoms with Crippen LogP contribution in [0.25, 0.3) is 0 Å². The lowest BCUT2D eigenvalue weighted by molar-refractivity contribution is -0.385. The summed E-state index contributed by atoms with van der Waals surface area (Å²) in [5, 5.41) is 39.1. The van der Waals surface area contributed by atoms with Crippen molar-refractivity contribution in [3.05, 3.63) is 33.9 Å². The molecule has 2 rings (SSSR count). The minimum absolute atomic E-state index is 0.0794. The van der Waals surface area contributed by atoms with E-state index in [1.165, 1.54) is 12.1 Å². The highest BCUT2D eigenvalue weighted by atomic mass is 16.6. The number of aliphatic carboxylic acids is 1. The molecular weight excluding hydrogens is 284 g/mol. The molecule has 1 aliphatic rings. The van der Waals surface area contributed by atoms with Crippen molar-refractivity contribution in [3.8, 4) is 5.75 Å². The zero-order chi connectivity index (χ0) is 16.0. The van der Waals surface area contributed by atoms with Gasteiger partial charge in [0.2, 0.25) is 5.75 Å². The Labute approximate surface area is 119 Å². The number of carbonyl (C=O) groups is 2. The van der Waals surface area contributed by atoms with Crippen molar-refractivity contribution < 1.29 is 29.8 Å². The molecule has 0 aliphatic carbocycles. The van der Waals surface area contributed by atoms with Crippen LogP contribution in [0.5, 0.6) is 5.75 Å². The maximum atomic E-state index is 10.2. The molecule has 9 nitrogen and oxygen atoms in total. The van der Waals surface area contributed by atoms with Gasteiger partial charge in [-0.25, -0.2) is 0 Å². The summed E-state index contributed by atoms with van der Waals surface area (Å²) in [5.74, 6) is -1.47. The van der Waals surface area contributed by atoms with Crippen molar-refractivity contribution in [3.63, 3.8) is 0 Å². The summed E-state index contributed by atoms with van der Waals surface area (Å²) in [4.78, 5) is 29.9. The first-order chi connectivity index (χ1) is 9.86. The molecule has 2 atom stereocenters. The monoisotopic (exact) mass is 298 g/mol. The molecule has 1 fully saturated rings. The standard InChI is InChI=1S/C7H5NO4.C5H9NO3/c9-4-5-2-1-3-6(7(5)10)8(11)12;7-3-1-4(5(8)9)6-2-3/h1-4,10H;3-4,6-7H,1-2H2,(H,8,9)/t;3-,4+/m.1/s1. The molecule has 0 aromatic heterocycles. The van der Waals surface area contributed by atoms with Crippen LogP contribution in [0.1, 0.15) is 16.8 Å². The number of carboxylic acid groups (broad SMARTS) is 1. The number of nitrogens with one attached hydrogen (secondary N) is 1. The van der Waals surface area contributed by atoms with Crippen molar-refractivity contribution in [2.45, 2.75) is 18.6 Å².